The monoisotopic (exact) mass is 346 g/mol. The van der Waals surface area contributed by atoms with Gasteiger partial charge >= 0.3 is 0 Å². The van der Waals surface area contributed by atoms with Crippen LogP contribution in [0, 0.1) is 0 Å². The van der Waals surface area contributed by atoms with Gasteiger partial charge in [-0.15, -0.1) is 0 Å². The molecule has 3 heterocycles. The van der Waals surface area contributed by atoms with E-state index >= 15 is 0 Å². The van der Waals surface area contributed by atoms with Gasteiger partial charge in [-0.25, -0.2) is 0 Å². The summed E-state index contributed by atoms with van der Waals surface area (Å²) < 4.78 is 10.7. The number of H-pyrrole nitrogens is 1. The van der Waals surface area contributed by atoms with Crippen molar-refractivity contribution in [1.82, 2.24) is 20.4 Å². The zero-order valence-corrected chi connectivity index (χ0v) is 14.3. The molecule has 1 aliphatic rings. The van der Waals surface area contributed by atoms with Crippen LogP contribution < -0.4 is 5.32 Å². The molecule has 0 radical (unpaired) electrons. The molecule has 0 saturated carbocycles. The van der Waals surface area contributed by atoms with Gasteiger partial charge in [0.1, 0.15) is 12.3 Å². The van der Waals surface area contributed by atoms with Gasteiger partial charge in [0.25, 0.3) is 5.91 Å². The van der Waals surface area contributed by atoms with Gasteiger partial charge in [0.15, 0.2) is 5.76 Å². The normalized spacial score (nSPS) is 15.7. The zero-order chi connectivity index (χ0) is 17.8. The van der Waals surface area contributed by atoms with Crippen LogP contribution in [-0.2, 0) is 9.53 Å². The number of carbonyl (C=O) groups excluding carboxylic acids is 2. The smallest absolute Gasteiger partial charge is 0.255 e. The molecule has 0 aromatic carbocycles. The fraction of sp³-hybridized carbons (Fsp3) is 0.471. The van der Waals surface area contributed by atoms with Gasteiger partial charge in [-0.2, -0.15) is 5.10 Å². The molecule has 0 spiro atoms. The van der Waals surface area contributed by atoms with Gasteiger partial charge in [-0.3, -0.25) is 14.7 Å². The summed E-state index contributed by atoms with van der Waals surface area (Å²) in [6.45, 7) is 5.01. The summed E-state index contributed by atoms with van der Waals surface area (Å²) in [5.41, 5.74) is 0.955. The quantitative estimate of drug-likeness (QED) is 0.790. The van der Waals surface area contributed by atoms with Crippen LogP contribution in [0.3, 0.4) is 0 Å². The van der Waals surface area contributed by atoms with Crippen molar-refractivity contribution in [3.8, 4) is 11.5 Å². The number of furan rings is 1. The summed E-state index contributed by atoms with van der Waals surface area (Å²) in [5.74, 6) is 0.258. The minimum Gasteiger partial charge on any atom is -0.463 e. The molecular formula is C17H22N4O4. The summed E-state index contributed by atoms with van der Waals surface area (Å²) in [5, 5.41) is 9.59. The lowest BCUT2D eigenvalue weighted by atomic mass is 10.1. The predicted molar refractivity (Wildman–Crippen MR) is 89.8 cm³/mol. The van der Waals surface area contributed by atoms with E-state index in [-0.39, 0.29) is 30.6 Å². The van der Waals surface area contributed by atoms with Crippen molar-refractivity contribution in [2.75, 3.05) is 19.7 Å². The molecule has 1 unspecified atom stereocenters. The van der Waals surface area contributed by atoms with E-state index in [9.17, 15) is 9.59 Å². The molecule has 3 rings (SSSR count). The number of ether oxygens (including phenoxy) is 1. The molecule has 25 heavy (non-hydrogen) atoms. The summed E-state index contributed by atoms with van der Waals surface area (Å²) >= 11 is 0. The standard InChI is InChI=1S/C17H22N4O4/c1-3-11(2)25-10-15(22)21-8-12(9-21)19-17(23)13-7-18-20-16(13)14-5-4-6-24-14/h4-7,11-12H,3,8-10H2,1-2H3,(H,18,20)(H,19,23). The first-order chi connectivity index (χ1) is 12.1. The van der Waals surface area contributed by atoms with E-state index in [0.717, 1.165) is 6.42 Å². The van der Waals surface area contributed by atoms with Crippen molar-refractivity contribution in [3.63, 3.8) is 0 Å². The molecule has 2 aromatic heterocycles. The van der Waals surface area contributed by atoms with E-state index in [1.165, 1.54) is 12.5 Å². The van der Waals surface area contributed by atoms with Crippen LogP contribution in [0.2, 0.25) is 0 Å². The van der Waals surface area contributed by atoms with Gasteiger partial charge in [0.2, 0.25) is 5.91 Å². The number of rotatable bonds is 7. The second-order valence-corrected chi connectivity index (χ2v) is 6.13. The second kappa shape index (κ2) is 7.52. The molecule has 1 atom stereocenters. The minimum atomic E-state index is -0.242. The number of carbonyl (C=O) groups is 2. The highest BCUT2D eigenvalue weighted by Gasteiger charge is 2.32. The minimum absolute atomic E-state index is 0.0506. The van der Waals surface area contributed by atoms with Crippen LogP contribution in [0.15, 0.2) is 29.0 Å². The average molecular weight is 346 g/mol. The van der Waals surface area contributed by atoms with Crippen molar-refractivity contribution < 1.29 is 18.7 Å². The summed E-state index contributed by atoms with van der Waals surface area (Å²) in [6, 6.07) is 3.43. The summed E-state index contributed by atoms with van der Waals surface area (Å²) in [7, 11) is 0. The second-order valence-electron chi connectivity index (χ2n) is 6.13. The van der Waals surface area contributed by atoms with Gasteiger partial charge in [-0.1, -0.05) is 6.92 Å². The Morgan fingerprint density at radius 3 is 3.00 bits per heavy atom. The number of aromatic nitrogens is 2. The highest BCUT2D eigenvalue weighted by atomic mass is 16.5. The summed E-state index contributed by atoms with van der Waals surface area (Å²) in [6.07, 6.45) is 3.94. The van der Waals surface area contributed by atoms with E-state index in [0.29, 0.717) is 30.1 Å². The van der Waals surface area contributed by atoms with Crippen molar-refractivity contribution in [2.45, 2.75) is 32.4 Å². The van der Waals surface area contributed by atoms with Crippen LogP contribution >= 0.6 is 0 Å². The van der Waals surface area contributed by atoms with Crippen LogP contribution in [0.25, 0.3) is 11.5 Å². The molecule has 1 saturated heterocycles. The fourth-order valence-electron chi connectivity index (χ4n) is 2.53. The average Bonchev–Trinajstić information content (AvgIpc) is 3.25. The number of hydrogen-bond donors (Lipinski definition) is 2. The Hall–Kier alpha value is -2.61. The number of hydrogen-bond acceptors (Lipinski definition) is 5. The zero-order valence-electron chi connectivity index (χ0n) is 14.3. The lowest BCUT2D eigenvalue weighted by Crippen LogP contribution is -2.61. The lowest BCUT2D eigenvalue weighted by molar-refractivity contribution is -0.142. The molecule has 2 aromatic rings. The van der Waals surface area contributed by atoms with Crippen LogP contribution in [0.5, 0.6) is 0 Å². The van der Waals surface area contributed by atoms with Gasteiger partial charge in [-0.05, 0) is 25.5 Å². The maximum atomic E-state index is 12.4. The SMILES string of the molecule is CCC(C)OCC(=O)N1CC(NC(=O)c2cn[nH]c2-c2ccco2)C1. The fourth-order valence-corrected chi connectivity index (χ4v) is 2.53. The van der Waals surface area contributed by atoms with Gasteiger partial charge in [0.05, 0.1) is 30.2 Å². The Morgan fingerprint density at radius 1 is 1.52 bits per heavy atom. The molecule has 8 heteroatoms. The Morgan fingerprint density at radius 2 is 2.32 bits per heavy atom. The van der Waals surface area contributed by atoms with E-state index < -0.39 is 0 Å². The Balaban J connectivity index is 1.48. The summed E-state index contributed by atoms with van der Waals surface area (Å²) in [4.78, 5) is 26.1. The first-order valence-corrected chi connectivity index (χ1v) is 8.36. The molecule has 2 N–H and O–H groups in total. The third-order valence-corrected chi connectivity index (χ3v) is 4.29. The van der Waals surface area contributed by atoms with Crippen molar-refractivity contribution in [1.29, 1.82) is 0 Å². The maximum absolute atomic E-state index is 12.4. The third kappa shape index (κ3) is 3.90. The Kier molecular flexibility index (Phi) is 5.18. The number of nitrogens with zero attached hydrogens (tertiary/aromatic N) is 2. The number of nitrogens with one attached hydrogen (secondary N) is 2. The van der Waals surface area contributed by atoms with E-state index in [4.69, 9.17) is 9.15 Å². The molecule has 2 amide bonds. The molecule has 8 nitrogen and oxygen atoms in total. The molecule has 134 valence electrons. The number of aromatic amines is 1. The van der Waals surface area contributed by atoms with E-state index in [1.807, 2.05) is 13.8 Å². The molecule has 1 aliphatic heterocycles. The predicted octanol–water partition coefficient (Wildman–Crippen LogP) is 1.43. The topological polar surface area (TPSA) is 100 Å². The van der Waals surface area contributed by atoms with Gasteiger partial charge < -0.3 is 19.4 Å². The van der Waals surface area contributed by atoms with E-state index in [2.05, 4.69) is 15.5 Å². The third-order valence-electron chi connectivity index (χ3n) is 4.29. The van der Waals surface area contributed by atoms with Crippen LogP contribution in [0.4, 0.5) is 0 Å². The lowest BCUT2D eigenvalue weighted by Gasteiger charge is -2.39. The Bertz CT molecular complexity index is 719. The molecular weight excluding hydrogens is 324 g/mol. The Labute approximate surface area is 145 Å². The molecule has 0 aliphatic carbocycles. The van der Waals surface area contributed by atoms with Crippen molar-refractivity contribution in [3.05, 3.63) is 30.2 Å². The molecule has 1 fully saturated rings. The highest BCUT2D eigenvalue weighted by molar-refractivity contribution is 5.99. The van der Waals surface area contributed by atoms with Crippen LogP contribution in [0.1, 0.15) is 30.6 Å². The van der Waals surface area contributed by atoms with E-state index in [1.54, 1.807) is 17.0 Å². The largest absolute Gasteiger partial charge is 0.463 e. The maximum Gasteiger partial charge on any atom is 0.255 e. The highest BCUT2D eigenvalue weighted by Crippen LogP contribution is 2.21. The van der Waals surface area contributed by atoms with Crippen LogP contribution in [-0.4, -0.2) is 58.8 Å². The number of amides is 2. The van der Waals surface area contributed by atoms with Crippen molar-refractivity contribution in [2.24, 2.45) is 0 Å². The van der Waals surface area contributed by atoms with Crippen molar-refractivity contribution >= 4 is 11.8 Å². The number of likely N-dealkylation sites (tertiary alicyclic amines) is 1. The first-order valence-electron chi connectivity index (χ1n) is 8.36. The van der Waals surface area contributed by atoms with Gasteiger partial charge in [0, 0.05) is 13.1 Å². The first kappa shape index (κ1) is 17.2. The molecule has 0 bridgehead atoms.